The number of aryl methyl sites for hydroxylation is 3. The summed E-state index contributed by atoms with van der Waals surface area (Å²) in [6.07, 6.45) is 5.69. The lowest BCUT2D eigenvalue weighted by molar-refractivity contribution is 0.400. The first-order valence-electron chi connectivity index (χ1n) is 8.81. The van der Waals surface area contributed by atoms with E-state index in [1.165, 1.54) is 11.8 Å². The second kappa shape index (κ2) is 7.03. The van der Waals surface area contributed by atoms with E-state index in [1.54, 1.807) is 37.3 Å². The third-order valence-electron chi connectivity index (χ3n) is 4.53. The summed E-state index contributed by atoms with van der Waals surface area (Å²) >= 11 is 0. The Balaban J connectivity index is 1.49. The Morgan fingerprint density at radius 1 is 1.00 bits per heavy atom. The van der Waals surface area contributed by atoms with Crippen LogP contribution in [-0.4, -0.2) is 18.6 Å². The summed E-state index contributed by atoms with van der Waals surface area (Å²) in [4.78, 5) is 4.49. The van der Waals surface area contributed by atoms with Gasteiger partial charge in [0.15, 0.2) is 5.82 Å². The molecule has 0 fully saturated rings. The molecule has 4 rings (SSSR count). The lowest BCUT2D eigenvalue weighted by atomic mass is 9.92. The Labute approximate surface area is 157 Å². The summed E-state index contributed by atoms with van der Waals surface area (Å²) in [7, 11) is -3.65. The van der Waals surface area contributed by atoms with Crippen molar-refractivity contribution in [3.8, 4) is 0 Å². The molecular weight excluding hydrogens is 364 g/mol. The molecule has 2 N–H and O–H groups in total. The van der Waals surface area contributed by atoms with Gasteiger partial charge >= 0.3 is 0 Å². The topological polar surface area (TPSA) is 97.1 Å². The molecule has 0 atom stereocenters. The van der Waals surface area contributed by atoms with E-state index in [2.05, 4.69) is 20.2 Å². The second-order valence-electron chi connectivity index (χ2n) is 6.62. The van der Waals surface area contributed by atoms with Gasteiger partial charge in [-0.3, -0.25) is 4.72 Å². The number of hydrogen-bond donors (Lipinski definition) is 2. The van der Waals surface area contributed by atoms with Crippen LogP contribution in [0.1, 0.15) is 29.7 Å². The summed E-state index contributed by atoms with van der Waals surface area (Å²) in [5, 5.41) is 6.82. The van der Waals surface area contributed by atoms with E-state index in [1.807, 2.05) is 6.07 Å². The highest BCUT2D eigenvalue weighted by Crippen LogP contribution is 2.25. The molecule has 140 valence electrons. The number of pyridine rings is 1. The number of fused-ring (bicyclic) bond motifs is 1. The van der Waals surface area contributed by atoms with E-state index in [4.69, 9.17) is 4.52 Å². The fourth-order valence-electron chi connectivity index (χ4n) is 3.18. The Morgan fingerprint density at radius 2 is 1.81 bits per heavy atom. The van der Waals surface area contributed by atoms with Gasteiger partial charge < -0.3 is 9.84 Å². The quantitative estimate of drug-likeness (QED) is 0.694. The van der Waals surface area contributed by atoms with Crippen LogP contribution in [0.25, 0.3) is 0 Å². The average Bonchev–Trinajstić information content (AvgIpc) is 3.07. The van der Waals surface area contributed by atoms with Gasteiger partial charge in [0.2, 0.25) is 0 Å². The summed E-state index contributed by atoms with van der Waals surface area (Å²) in [6, 6.07) is 10.4. The van der Waals surface area contributed by atoms with E-state index in [-0.39, 0.29) is 4.90 Å². The molecule has 1 aromatic carbocycles. The normalized spacial score (nSPS) is 13.8. The summed E-state index contributed by atoms with van der Waals surface area (Å²) in [5.74, 6) is 1.77. The largest absolute Gasteiger partial charge is 0.360 e. The highest BCUT2D eigenvalue weighted by Gasteiger charge is 2.18. The van der Waals surface area contributed by atoms with Gasteiger partial charge in [0.1, 0.15) is 11.6 Å². The number of aromatic nitrogens is 2. The molecule has 0 unspecified atom stereocenters. The molecule has 0 spiro atoms. The number of rotatable bonds is 5. The molecule has 2 aromatic heterocycles. The van der Waals surface area contributed by atoms with Crippen molar-refractivity contribution < 1.29 is 12.9 Å². The van der Waals surface area contributed by atoms with Crippen LogP contribution in [0, 0.1) is 6.92 Å². The minimum atomic E-state index is -3.65. The standard InChI is InChI=1S/C19H20N4O3S/c1-13-10-19(22-26-13)21-18-9-7-16(12-20-18)23-27(24,25)17-8-6-14-4-2-3-5-15(14)11-17/h6-12,23H,2-5H2,1H3,(H,20,21,22). The number of anilines is 3. The van der Waals surface area contributed by atoms with Crippen LogP contribution in [0.3, 0.4) is 0 Å². The van der Waals surface area contributed by atoms with Gasteiger partial charge in [-0.2, -0.15) is 0 Å². The minimum Gasteiger partial charge on any atom is -0.360 e. The van der Waals surface area contributed by atoms with Crippen LogP contribution in [0.15, 0.2) is 52.0 Å². The Morgan fingerprint density at radius 3 is 2.52 bits per heavy atom. The maximum absolute atomic E-state index is 12.7. The maximum atomic E-state index is 12.7. The molecule has 1 aliphatic carbocycles. The van der Waals surface area contributed by atoms with Crippen molar-refractivity contribution in [2.45, 2.75) is 37.5 Å². The molecule has 1 aliphatic rings. The van der Waals surface area contributed by atoms with Crippen LogP contribution in [0.2, 0.25) is 0 Å². The van der Waals surface area contributed by atoms with Crippen molar-refractivity contribution in [3.63, 3.8) is 0 Å². The van der Waals surface area contributed by atoms with E-state index in [0.717, 1.165) is 31.2 Å². The van der Waals surface area contributed by atoms with Gasteiger partial charge in [0.05, 0.1) is 16.8 Å². The molecule has 0 saturated carbocycles. The van der Waals surface area contributed by atoms with Crippen molar-refractivity contribution in [3.05, 3.63) is 59.5 Å². The number of nitrogens with one attached hydrogen (secondary N) is 2. The zero-order valence-electron chi connectivity index (χ0n) is 14.9. The van der Waals surface area contributed by atoms with Gasteiger partial charge in [-0.25, -0.2) is 13.4 Å². The Hall–Kier alpha value is -2.87. The molecule has 0 bridgehead atoms. The first-order valence-corrected chi connectivity index (χ1v) is 10.3. The van der Waals surface area contributed by atoms with Gasteiger partial charge in [-0.1, -0.05) is 11.2 Å². The molecule has 2 heterocycles. The Bertz CT molecular complexity index is 1060. The third-order valence-corrected chi connectivity index (χ3v) is 5.91. The van der Waals surface area contributed by atoms with Crippen molar-refractivity contribution in [2.24, 2.45) is 0 Å². The number of nitrogens with zero attached hydrogens (tertiary/aromatic N) is 2. The van der Waals surface area contributed by atoms with E-state index in [9.17, 15) is 8.42 Å². The van der Waals surface area contributed by atoms with Crippen molar-refractivity contribution in [1.29, 1.82) is 0 Å². The van der Waals surface area contributed by atoms with Crippen molar-refractivity contribution in [1.82, 2.24) is 10.1 Å². The zero-order valence-corrected chi connectivity index (χ0v) is 15.7. The van der Waals surface area contributed by atoms with Gasteiger partial charge in [0, 0.05) is 6.07 Å². The summed E-state index contributed by atoms with van der Waals surface area (Å²) in [6.45, 7) is 1.80. The lowest BCUT2D eigenvalue weighted by Crippen LogP contribution is -2.14. The second-order valence-corrected chi connectivity index (χ2v) is 8.31. The van der Waals surface area contributed by atoms with Gasteiger partial charge in [-0.15, -0.1) is 0 Å². The van der Waals surface area contributed by atoms with Gasteiger partial charge in [0.25, 0.3) is 10.0 Å². The number of sulfonamides is 1. The van der Waals surface area contributed by atoms with Crippen molar-refractivity contribution >= 4 is 27.3 Å². The minimum absolute atomic E-state index is 0.281. The average molecular weight is 384 g/mol. The van der Waals surface area contributed by atoms with E-state index in [0.29, 0.717) is 23.1 Å². The molecule has 7 nitrogen and oxygen atoms in total. The predicted octanol–water partition coefficient (Wildman–Crippen LogP) is 3.80. The van der Waals surface area contributed by atoms with Crippen LogP contribution in [-0.2, 0) is 22.9 Å². The number of hydrogen-bond acceptors (Lipinski definition) is 6. The number of benzene rings is 1. The fraction of sp³-hybridized carbons (Fsp3) is 0.263. The highest BCUT2D eigenvalue weighted by molar-refractivity contribution is 7.92. The molecular formula is C19H20N4O3S. The first-order chi connectivity index (χ1) is 13.0. The monoisotopic (exact) mass is 384 g/mol. The van der Waals surface area contributed by atoms with E-state index < -0.39 is 10.0 Å². The molecule has 8 heteroatoms. The highest BCUT2D eigenvalue weighted by atomic mass is 32.2. The van der Waals surface area contributed by atoms with Crippen LogP contribution >= 0.6 is 0 Å². The molecule has 0 radical (unpaired) electrons. The summed E-state index contributed by atoms with van der Waals surface area (Å²) in [5.41, 5.74) is 2.78. The molecule has 0 saturated heterocycles. The molecule has 3 aromatic rings. The SMILES string of the molecule is Cc1cc(Nc2ccc(NS(=O)(=O)c3ccc4c(c3)CCCC4)cn2)no1. The van der Waals surface area contributed by atoms with Gasteiger partial charge in [-0.05, 0) is 68.0 Å². The lowest BCUT2D eigenvalue weighted by Gasteiger charge is -2.17. The van der Waals surface area contributed by atoms with Crippen LogP contribution < -0.4 is 10.0 Å². The fourth-order valence-corrected chi connectivity index (χ4v) is 4.27. The molecule has 0 aliphatic heterocycles. The van der Waals surface area contributed by atoms with E-state index >= 15 is 0 Å². The molecule has 0 amide bonds. The van der Waals surface area contributed by atoms with Crippen LogP contribution in [0.5, 0.6) is 0 Å². The van der Waals surface area contributed by atoms with Crippen LogP contribution in [0.4, 0.5) is 17.3 Å². The maximum Gasteiger partial charge on any atom is 0.261 e. The summed E-state index contributed by atoms with van der Waals surface area (Å²) < 4.78 is 32.9. The zero-order chi connectivity index (χ0) is 18.9. The Kier molecular flexibility index (Phi) is 4.57. The third kappa shape index (κ3) is 3.95. The predicted molar refractivity (Wildman–Crippen MR) is 103 cm³/mol. The smallest absolute Gasteiger partial charge is 0.261 e. The first kappa shape index (κ1) is 17.5. The van der Waals surface area contributed by atoms with Crippen molar-refractivity contribution in [2.75, 3.05) is 10.0 Å². The molecule has 27 heavy (non-hydrogen) atoms.